The van der Waals surface area contributed by atoms with E-state index >= 15 is 0 Å². The molecule has 0 saturated carbocycles. The molecule has 1 N–H and O–H groups in total. The van der Waals surface area contributed by atoms with Gasteiger partial charge in [-0.1, -0.05) is 13.8 Å². The summed E-state index contributed by atoms with van der Waals surface area (Å²) >= 11 is 0. The first kappa shape index (κ1) is 19.0. The van der Waals surface area contributed by atoms with E-state index in [4.69, 9.17) is 0 Å². The molecule has 0 aliphatic carbocycles. The average molecular weight is 360 g/mol. The monoisotopic (exact) mass is 360 g/mol. The molecule has 0 aromatic heterocycles. The molecule has 2 rings (SSSR count). The van der Waals surface area contributed by atoms with Crippen LogP contribution in [0, 0.1) is 11.3 Å². The first-order valence-corrected chi connectivity index (χ1v) is 10.1. The summed E-state index contributed by atoms with van der Waals surface area (Å²) in [7, 11) is -1.66. The Morgan fingerprint density at radius 2 is 1.92 bits per heavy atom. The van der Waals surface area contributed by atoms with Crippen molar-refractivity contribution in [2.45, 2.75) is 20.3 Å². The second-order valence-corrected chi connectivity index (χ2v) is 9.51. The molecule has 2 saturated heterocycles. The molecule has 0 bridgehead atoms. The number of amides is 3. The Morgan fingerprint density at radius 1 is 1.25 bits per heavy atom. The molecule has 1 atom stereocenters. The fourth-order valence-electron chi connectivity index (χ4n) is 3.39. The molecule has 2 fully saturated rings. The summed E-state index contributed by atoms with van der Waals surface area (Å²) in [6.07, 6.45) is 1.44. The topological polar surface area (TPSA) is 90.0 Å². The van der Waals surface area contributed by atoms with Crippen LogP contribution in [0.4, 0.5) is 4.79 Å². The van der Waals surface area contributed by atoms with Crippen LogP contribution in [-0.2, 0) is 14.8 Å². The van der Waals surface area contributed by atoms with Crippen LogP contribution in [0.2, 0.25) is 0 Å². The van der Waals surface area contributed by atoms with Crippen LogP contribution in [-0.4, -0.2) is 87.0 Å². The molecular weight excluding hydrogens is 332 g/mol. The van der Waals surface area contributed by atoms with Gasteiger partial charge in [0.05, 0.1) is 6.26 Å². The highest BCUT2D eigenvalue weighted by atomic mass is 32.2. The van der Waals surface area contributed by atoms with E-state index in [-0.39, 0.29) is 31.4 Å². The lowest BCUT2D eigenvalue weighted by atomic mass is 9.86. The van der Waals surface area contributed by atoms with Gasteiger partial charge in [-0.05, 0) is 5.92 Å². The Bertz CT molecular complexity index is 607. The first-order valence-electron chi connectivity index (χ1n) is 8.24. The van der Waals surface area contributed by atoms with Gasteiger partial charge in [0.1, 0.15) is 0 Å². The smallest absolute Gasteiger partial charge is 0.317 e. The number of rotatable bonds is 3. The number of carbonyl (C=O) groups is 2. The first-order chi connectivity index (χ1) is 11.0. The van der Waals surface area contributed by atoms with E-state index in [1.165, 1.54) is 10.6 Å². The predicted molar refractivity (Wildman–Crippen MR) is 90.9 cm³/mol. The van der Waals surface area contributed by atoms with E-state index in [1.54, 1.807) is 16.8 Å². The molecule has 2 aliphatic rings. The standard InChI is InChI=1S/C15H28N4O4S/c1-12(2)8-16-14(21)18-5-6-19(24(4,22)23)11-15(10-18)7-13(20)17(3)9-15/h12H,5-11H2,1-4H3,(H,16,21). The maximum Gasteiger partial charge on any atom is 0.317 e. The molecular formula is C15H28N4O4S. The summed E-state index contributed by atoms with van der Waals surface area (Å²) in [5.74, 6) is 0.328. The Balaban J connectivity index is 2.21. The number of carbonyl (C=O) groups excluding carboxylic acids is 2. The van der Waals surface area contributed by atoms with Gasteiger partial charge in [-0.25, -0.2) is 13.2 Å². The van der Waals surface area contributed by atoms with Crippen molar-refractivity contribution in [3.05, 3.63) is 0 Å². The fourth-order valence-corrected chi connectivity index (χ4v) is 4.32. The summed E-state index contributed by atoms with van der Waals surface area (Å²) in [6.45, 7) is 6.31. The van der Waals surface area contributed by atoms with Crippen molar-refractivity contribution in [2.24, 2.45) is 11.3 Å². The van der Waals surface area contributed by atoms with Gasteiger partial charge in [0.15, 0.2) is 0 Å². The molecule has 9 heteroatoms. The van der Waals surface area contributed by atoms with E-state index in [2.05, 4.69) is 5.32 Å². The molecule has 2 heterocycles. The van der Waals surface area contributed by atoms with Crippen molar-refractivity contribution >= 4 is 22.0 Å². The Morgan fingerprint density at radius 3 is 2.42 bits per heavy atom. The van der Waals surface area contributed by atoms with Gasteiger partial charge in [0.2, 0.25) is 15.9 Å². The predicted octanol–water partition coefficient (Wildman–Crippen LogP) is -0.222. The van der Waals surface area contributed by atoms with Gasteiger partial charge < -0.3 is 15.1 Å². The van der Waals surface area contributed by atoms with Gasteiger partial charge in [0, 0.05) is 58.2 Å². The van der Waals surface area contributed by atoms with Gasteiger partial charge in [0.25, 0.3) is 0 Å². The third-order valence-electron chi connectivity index (χ3n) is 4.60. The zero-order chi connectivity index (χ0) is 18.1. The normalized spacial score (nSPS) is 26.3. The van der Waals surface area contributed by atoms with Crippen LogP contribution in [0.5, 0.6) is 0 Å². The molecule has 1 unspecified atom stereocenters. The summed E-state index contributed by atoms with van der Waals surface area (Å²) in [6, 6.07) is -0.194. The van der Waals surface area contributed by atoms with E-state index in [0.29, 0.717) is 32.1 Å². The van der Waals surface area contributed by atoms with Crippen LogP contribution in [0.25, 0.3) is 0 Å². The van der Waals surface area contributed by atoms with Crippen molar-refractivity contribution in [3.8, 4) is 0 Å². The Hall–Kier alpha value is -1.35. The summed E-state index contributed by atoms with van der Waals surface area (Å²) in [4.78, 5) is 27.8. The maximum absolute atomic E-state index is 12.5. The van der Waals surface area contributed by atoms with E-state index < -0.39 is 15.4 Å². The largest absolute Gasteiger partial charge is 0.345 e. The minimum Gasteiger partial charge on any atom is -0.345 e. The highest BCUT2D eigenvalue weighted by Crippen LogP contribution is 2.35. The van der Waals surface area contributed by atoms with E-state index in [9.17, 15) is 18.0 Å². The van der Waals surface area contributed by atoms with Crippen LogP contribution < -0.4 is 5.32 Å². The quantitative estimate of drug-likeness (QED) is 0.753. The van der Waals surface area contributed by atoms with Gasteiger partial charge >= 0.3 is 6.03 Å². The number of urea groups is 1. The highest BCUT2D eigenvalue weighted by Gasteiger charge is 2.47. The molecule has 2 aliphatic heterocycles. The number of hydrogen-bond acceptors (Lipinski definition) is 4. The number of likely N-dealkylation sites (tertiary alicyclic amines) is 1. The molecule has 24 heavy (non-hydrogen) atoms. The van der Waals surface area contributed by atoms with Crippen LogP contribution in [0.1, 0.15) is 20.3 Å². The number of sulfonamides is 1. The molecule has 138 valence electrons. The highest BCUT2D eigenvalue weighted by molar-refractivity contribution is 7.88. The van der Waals surface area contributed by atoms with Crippen molar-refractivity contribution in [2.75, 3.05) is 52.6 Å². The van der Waals surface area contributed by atoms with Gasteiger partial charge in [-0.2, -0.15) is 4.31 Å². The fraction of sp³-hybridized carbons (Fsp3) is 0.867. The summed E-state index contributed by atoms with van der Waals surface area (Å²) in [5, 5.41) is 2.88. The van der Waals surface area contributed by atoms with Crippen molar-refractivity contribution < 1.29 is 18.0 Å². The molecule has 3 amide bonds. The lowest BCUT2D eigenvalue weighted by molar-refractivity contribution is -0.126. The van der Waals surface area contributed by atoms with E-state index in [1.807, 2.05) is 13.8 Å². The second-order valence-electron chi connectivity index (χ2n) is 7.52. The third kappa shape index (κ3) is 4.38. The zero-order valence-corrected chi connectivity index (χ0v) is 15.7. The second kappa shape index (κ2) is 6.87. The maximum atomic E-state index is 12.5. The van der Waals surface area contributed by atoms with Crippen LogP contribution in [0.3, 0.4) is 0 Å². The number of hydrogen-bond donors (Lipinski definition) is 1. The van der Waals surface area contributed by atoms with E-state index in [0.717, 1.165) is 0 Å². The minimum atomic E-state index is -3.38. The molecule has 0 aromatic rings. The zero-order valence-electron chi connectivity index (χ0n) is 14.9. The Labute approximate surface area is 144 Å². The number of nitrogens with one attached hydrogen (secondary N) is 1. The van der Waals surface area contributed by atoms with Gasteiger partial charge in [-0.3, -0.25) is 4.79 Å². The Kier molecular flexibility index (Phi) is 5.44. The van der Waals surface area contributed by atoms with Crippen molar-refractivity contribution in [1.82, 2.24) is 19.4 Å². The molecule has 0 radical (unpaired) electrons. The lowest BCUT2D eigenvalue weighted by Gasteiger charge is -2.32. The SMILES string of the molecule is CC(C)CNC(=O)N1CCN(S(C)(=O)=O)CC2(CC(=O)N(C)C2)C1. The third-order valence-corrected chi connectivity index (χ3v) is 5.85. The van der Waals surface area contributed by atoms with Gasteiger partial charge in [-0.15, -0.1) is 0 Å². The summed E-state index contributed by atoms with van der Waals surface area (Å²) < 4.78 is 25.5. The molecule has 1 spiro atoms. The molecule has 8 nitrogen and oxygen atoms in total. The van der Waals surface area contributed by atoms with Crippen molar-refractivity contribution in [3.63, 3.8) is 0 Å². The lowest BCUT2D eigenvalue weighted by Crippen LogP contribution is -2.48. The molecule has 0 aromatic carbocycles. The summed E-state index contributed by atoms with van der Waals surface area (Å²) in [5.41, 5.74) is -0.541. The van der Waals surface area contributed by atoms with Crippen LogP contribution >= 0.6 is 0 Å². The van der Waals surface area contributed by atoms with Crippen molar-refractivity contribution in [1.29, 1.82) is 0 Å². The number of nitrogens with zero attached hydrogens (tertiary/aromatic N) is 3. The minimum absolute atomic E-state index is 0.00658. The van der Waals surface area contributed by atoms with Crippen LogP contribution in [0.15, 0.2) is 0 Å². The average Bonchev–Trinajstić information content (AvgIpc) is 2.62.